The summed E-state index contributed by atoms with van der Waals surface area (Å²) in [5, 5.41) is 6.73. The maximum atomic E-state index is 4.56. The Labute approximate surface area is 109 Å². The van der Waals surface area contributed by atoms with Gasteiger partial charge in [0.1, 0.15) is 17.5 Å². The van der Waals surface area contributed by atoms with Gasteiger partial charge in [-0.25, -0.2) is 9.97 Å². The molecule has 1 fully saturated rings. The Hall–Kier alpha value is -1.36. The van der Waals surface area contributed by atoms with Gasteiger partial charge in [-0.05, 0) is 20.3 Å². The molecule has 0 spiro atoms. The highest BCUT2D eigenvalue weighted by Gasteiger charge is 2.20. The third-order valence-corrected chi connectivity index (χ3v) is 3.18. The molecule has 0 saturated carbocycles. The number of aryl methyl sites for hydroxylation is 1. The molecule has 1 aromatic rings. The topological polar surface area (TPSA) is 53.1 Å². The number of rotatable bonds is 4. The molecular formula is C13H23N5. The van der Waals surface area contributed by atoms with E-state index >= 15 is 0 Å². The summed E-state index contributed by atoms with van der Waals surface area (Å²) in [6.07, 6.45) is 1.10. The van der Waals surface area contributed by atoms with Crippen LogP contribution in [0, 0.1) is 6.92 Å². The van der Waals surface area contributed by atoms with Crippen molar-refractivity contribution >= 4 is 11.6 Å². The fraction of sp³-hybridized carbons (Fsp3) is 0.692. The van der Waals surface area contributed by atoms with Crippen molar-refractivity contribution in [1.29, 1.82) is 0 Å². The maximum Gasteiger partial charge on any atom is 0.134 e. The summed E-state index contributed by atoms with van der Waals surface area (Å²) >= 11 is 0. The molecule has 100 valence electrons. The molecule has 5 heteroatoms. The summed E-state index contributed by atoms with van der Waals surface area (Å²) in [6, 6.07) is 2.54. The molecule has 2 heterocycles. The van der Waals surface area contributed by atoms with Crippen molar-refractivity contribution in [3.63, 3.8) is 0 Å². The van der Waals surface area contributed by atoms with Crippen molar-refractivity contribution in [3.8, 4) is 0 Å². The van der Waals surface area contributed by atoms with Gasteiger partial charge in [-0.15, -0.1) is 0 Å². The number of hydrogen-bond donors (Lipinski definition) is 2. The molecule has 2 N–H and O–H groups in total. The van der Waals surface area contributed by atoms with Crippen molar-refractivity contribution in [2.24, 2.45) is 0 Å². The lowest BCUT2D eigenvalue weighted by atomic mass is 10.2. The normalized spacial score (nSPS) is 19.9. The molecule has 2 rings (SSSR count). The first-order valence-electron chi connectivity index (χ1n) is 6.77. The van der Waals surface area contributed by atoms with Crippen LogP contribution in [0.2, 0.25) is 0 Å². The Morgan fingerprint density at radius 3 is 3.06 bits per heavy atom. The van der Waals surface area contributed by atoms with Gasteiger partial charge in [-0.3, -0.25) is 0 Å². The van der Waals surface area contributed by atoms with Gasteiger partial charge in [0.05, 0.1) is 0 Å². The Morgan fingerprint density at radius 2 is 2.33 bits per heavy atom. The summed E-state index contributed by atoms with van der Waals surface area (Å²) in [6.45, 7) is 10.3. The monoisotopic (exact) mass is 249 g/mol. The van der Waals surface area contributed by atoms with Crippen molar-refractivity contribution in [2.75, 3.05) is 36.4 Å². The first-order chi connectivity index (χ1) is 8.70. The number of aromatic nitrogens is 2. The molecule has 0 amide bonds. The highest BCUT2D eigenvalue weighted by atomic mass is 15.3. The minimum Gasteiger partial charge on any atom is -0.370 e. The van der Waals surface area contributed by atoms with E-state index in [0.29, 0.717) is 6.04 Å². The largest absolute Gasteiger partial charge is 0.370 e. The van der Waals surface area contributed by atoms with Crippen LogP contribution in [-0.4, -0.2) is 42.2 Å². The van der Waals surface area contributed by atoms with Gasteiger partial charge in [0.15, 0.2) is 0 Å². The fourth-order valence-corrected chi connectivity index (χ4v) is 2.22. The Balaban J connectivity index is 2.18. The summed E-state index contributed by atoms with van der Waals surface area (Å²) in [5.74, 6) is 2.80. The van der Waals surface area contributed by atoms with Crippen LogP contribution in [0.15, 0.2) is 6.07 Å². The van der Waals surface area contributed by atoms with Gasteiger partial charge in [0.25, 0.3) is 0 Å². The second-order valence-electron chi connectivity index (χ2n) is 4.83. The van der Waals surface area contributed by atoms with Gasteiger partial charge in [0, 0.05) is 38.3 Å². The molecule has 18 heavy (non-hydrogen) atoms. The van der Waals surface area contributed by atoms with E-state index in [9.17, 15) is 0 Å². The smallest absolute Gasteiger partial charge is 0.134 e. The van der Waals surface area contributed by atoms with E-state index in [0.717, 1.165) is 50.1 Å². The standard InChI is InChI=1S/C13H23N5/c1-4-5-15-12-8-13(17-11(3)16-12)18-7-6-14-9-10(18)2/h8,10,14H,4-7,9H2,1-3H3,(H,15,16,17). The molecule has 5 nitrogen and oxygen atoms in total. The lowest BCUT2D eigenvalue weighted by Crippen LogP contribution is -2.50. The predicted octanol–water partition coefficient (Wildman–Crippen LogP) is 1.41. The zero-order valence-corrected chi connectivity index (χ0v) is 11.5. The highest BCUT2D eigenvalue weighted by molar-refractivity contribution is 5.50. The van der Waals surface area contributed by atoms with Crippen molar-refractivity contribution in [3.05, 3.63) is 11.9 Å². The second kappa shape index (κ2) is 6.00. The first-order valence-corrected chi connectivity index (χ1v) is 6.77. The van der Waals surface area contributed by atoms with E-state index in [1.165, 1.54) is 0 Å². The third-order valence-electron chi connectivity index (χ3n) is 3.18. The molecule has 1 aliphatic rings. The van der Waals surface area contributed by atoms with Gasteiger partial charge in [-0.1, -0.05) is 6.92 Å². The van der Waals surface area contributed by atoms with Gasteiger partial charge in [0.2, 0.25) is 0 Å². The van der Waals surface area contributed by atoms with Gasteiger partial charge < -0.3 is 15.5 Å². The van der Waals surface area contributed by atoms with Crippen LogP contribution in [0.1, 0.15) is 26.1 Å². The minimum atomic E-state index is 0.479. The molecule has 0 radical (unpaired) electrons. The van der Waals surface area contributed by atoms with E-state index < -0.39 is 0 Å². The molecule has 1 saturated heterocycles. The summed E-state index contributed by atoms with van der Waals surface area (Å²) in [5.41, 5.74) is 0. The van der Waals surface area contributed by atoms with E-state index in [2.05, 4.69) is 45.4 Å². The average molecular weight is 249 g/mol. The highest BCUT2D eigenvalue weighted by Crippen LogP contribution is 2.19. The summed E-state index contributed by atoms with van der Waals surface area (Å²) in [7, 11) is 0. The second-order valence-corrected chi connectivity index (χ2v) is 4.83. The number of nitrogens with one attached hydrogen (secondary N) is 2. The van der Waals surface area contributed by atoms with Crippen LogP contribution in [0.3, 0.4) is 0 Å². The Morgan fingerprint density at radius 1 is 1.50 bits per heavy atom. The average Bonchev–Trinajstić information content (AvgIpc) is 2.36. The molecule has 1 atom stereocenters. The quantitative estimate of drug-likeness (QED) is 0.845. The molecule has 0 aromatic carbocycles. The molecule has 1 unspecified atom stereocenters. The Kier molecular flexibility index (Phi) is 4.36. The minimum absolute atomic E-state index is 0.479. The molecule has 0 aliphatic carbocycles. The Bertz CT molecular complexity index is 393. The summed E-state index contributed by atoms with van der Waals surface area (Å²) in [4.78, 5) is 11.3. The zero-order chi connectivity index (χ0) is 13.0. The van der Waals surface area contributed by atoms with Crippen LogP contribution < -0.4 is 15.5 Å². The lowest BCUT2D eigenvalue weighted by Gasteiger charge is -2.35. The zero-order valence-electron chi connectivity index (χ0n) is 11.5. The van der Waals surface area contributed by atoms with E-state index in [-0.39, 0.29) is 0 Å². The SMILES string of the molecule is CCCNc1cc(N2CCNCC2C)nc(C)n1. The van der Waals surface area contributed by atoms with Crippen LogP contribution in [0.5, 0.6) is 0 Å². The first kappa shape index (κ1) is 13.1. The third kappa shape index (κ3) is 3.10. The molecular weight excluding hydrogens is 226 g/mol. The maximum absolute atomic E-state index is 4.56. The van der Waals surface area contributed by atoms with Crippen LogP contribution >= 0.6 is 0 Å². The van der Waals surface area contributed by atoms with E-state index in [1.807, 2.05) is 6.92 Å². The van der Waals surface area contributed by atoms with Crippen molar-refractivity contribution in [2.45, 2.75) is 33.2 Å². The van der Waals surface area contributed by atoms with Crippen LogP contribution in [0.4, 0.5) is 11.6 Å². The van der Waals surface area contributed by atoms with Gasteiger partial charge >= 0.3 is 0 Å². The number of anilines is 2. The molecule has 0 bridgehead atoms. The van der Waals surface area contributed by atoms with E-state index in [4.69, 9.17) is 0 Å². The van der Waals surface area contributed by atoms with Crippen LogP contribution in [0.25, 0.3) is 0 Å². The van der Waals surface area contributed by atoms with Crippen molar-refractivity contribution in [1.82, 2.24) is 15.3 Å². The number of piperazine rings is 1. The fourth-order valence-electron chi connectivity index (χ4n) is 2.22. The lowest BCUT2D eigenvalue weighted by molar-refractivity contribution is 0.496. The van der Waals surface area contributed by atoms with Crippen LogP contribution in [-0.2, 0) is 0 Å². The van der Waals surface area contributed by atoms with Crippen molar-refractivity contribution < 1.29 is 0 Å². The molecule has 1 aliphatic heterocycles. The summed E-state index contributed by atoms with van der Waals surface area (Å²) < 4.78 is 0. The molecule has 1 aromatic heterocycles. The predicted molar refractivity (Wildman–Crippen MR) is 75.2 cm³/mol. The number of hydrogen-bond acceptors (Lipinski definition) is 5. The van der Waals surface area contributed by atoms with E-state index in [1.54, 1.807) is 0 Å². The number of nitrogens with zero attached hydrogens (tertiary/aromatic N) is 3. The van der Waals surface area contributed by atoms with Gasteiger partial charge in [-0.2, -0.15) is 0 Å².